The Morgan fingerprint density at radius 2 is 1.93 bits per heavy atom. The van der Waals surface area contributed by atoms with Gasteiger partial charge < -0.3 is 14.8 Å². The predicted octanol–water partition coefficient (Wildman–Crippen LogP) is 4.09. The maximum atomic E-state index is 6.23. The lowest BCUT2D eigenvalue weighted by Gasteiger charge is -2.45. The fourth-order valence-electron chi connectivity index (χ4n) is 5.03. The normalized spacial score (nSPS) is 27.4. The number of aromatic nitrogens is 1. The van der Waals surface area contributed by atoms with Gasteiger partial charge in [0.15, 0.2) is 0 Å². The number of nitrogens with zero attached hydrogens (tertiary/aromatic N) is 1. The van der Waals surface area contributed by atoms with Crippen molar-refractivity contribution in [2.24, 2.45) is 0 Å². The van der Waals surface area contributed by atoms with Gasteiger partial charge in [0, 0.05) is 43.5 Å². The van der Waals surface area contributed by atoms with Crippen LogP contribution in [0.1, 0.15) is 48.1 Å². The zero-order valence-electron chi connectivity index (χ0n) is 17.2. The summed E-state index contributed by atoms with van der Waals surface area (Å²) in [5, 5.41) is 3.68. The largest absolute Gasteiger partial charge is 0.378 e. The topological polar surface area (TPSA) is 43.4 Å². The Hall–Kier alpha value is -1.75. The van der Waals surface area contributed by atoms with Crippen molar-refractivity contribution in [2.45, 2.75) is 57.1 Å². The summed E-state index contributed by atoms with van der Waals surface area (Å²) < 4.78 is 11.9. The van der Waals surface area contributed by atoms with Crippen LogP contribution in [0.2, 0.25) is 0 Å². The van der Waals surface area contributed by atoms with E-state index in [1.54, 1.807) is 0 Å². The highest BCUT2D eigenvalue weighted by Crippen LogP contribution is 2.46. The zero-order chi connectivity index (χ0) is 19.5. The van der Waals surface area contributed by atoms with Gasteiger partial charge in [0.1, 0.15) is 0 Å². The molecule has 0 radical (unpaired) electrons. The second-order valence-corrected chi connectivity index (χ2v) is 8.68. The molecule has 2 saturated heterocycles. The molecule has 1 aromatic carbocycles. The average molecular weight is 381 g/mol. The van der Waals surface area contributed by atoms with Crippen LogP contribution in [-0.4, -0.2) is 37.0 Å². The molecule has 1 aromatic heterocycles. The van der Waals surface area contributed by atoms with E-state index in [4.69, 9.17) is 14.5 Å². The third-order valence-electron chi connectivity index (χ3n) is 6.32. The van der Waals surface area contributed by atoms with E-state index < -0.39 is 0 Å². The van der Waals surface area contributed by atoms with Crippen molar-refractivity contribution in [1.82, 2.24) is 10.3 Å². The molecule has 2 aliphatic rings. The maximum Gasteiger partial charge on any atom is 0.0945 e. The third-order valence-corrected chi connectivity index (χ3v) is 6.32. The van der Waals surface area contributed by atoms with Gasteiger partial charge in [-0.25, -0.2) is 0 Å². The molecule has 28 heavy (non-hydrogen) atoms. The first-order valence-corrected chi connectivity index (χ1v) is 10.5. The number of hydrogen-bond donors (Lipinski definition) is 1. The molecule has 0 amide bonds. The number of rotatable bonds is 6. The van der Waals surface area contributed by atoms with Crippen LogP contribution in [0.5, 0.6) is 0 Å². The Bertz CT molecular complexity index is 766. The number of ether oxygens (including phenoxy) is 2. The van der Waals surface area contributed by atoms with E-state index in [1.807, 2.05) is 12.3 Å². The number of benzene rings is 1. The molecular weight excluding hydrogens is 348 g/mol. The quantitative estimate of drug-likeness (QED) is 0.767. The Kier molecular flexibility index (Phi) is 5.81. The monoisotopic (exact) mass is 380 g/mol. The minimum absolute atomic E-state index is 0.0583. The van der Waals surface area contributed by atoms with Crippen LogP contribution in [0.15, 0.2) is 42.6 Å². The van der Waals surface area contributed by atoms with E-state index >= 15 is 0 Å². The molecule has 4 rings (SSSR count). The van der Waals surface area contributed by atoms with Crippen molar-refractivity contribution < 1.29 is 9.47 Å². The molecule has 150 valence electrons. The Morgan fingerprint density at radius 3 is 2.64 bits per heavy atom. The van der Waals surface area contributed by atoms with Crippen LogP contribution in [0.4, 0.5) is 0 Å². The Morgan fingerprint density at radius 1 is 1.07 bits per heavy atom. The lowest BCUT2D eigenvalue weighted by atomic mass is 9.68. The second kappa shape index (κ2) is 8.32. The van der Waals surface area contributed by atoms with Crippen LogP contribution in [-0.2, 0) is 21.4 Å². The van der Waals surface area contributed by atoms with E-state index in [0.717, 1.165) is 58.6 Å². The summed E-state index contributed by atoms with van der Waals surface area (Å²) in [5.74, 6) is 0. The summed E-state index contributed by atoms with van der Waals surface area (Å²) in [5.41, 5.74) is 5.16. The van der Waals surface area contributed by atoms with Gasteiger partial charge in [0.05, 0.1) is 12.2 Å². The fraction of sp³-hybridized carbons (Fsp3) is 0.542. The van der Waals surface area contributed by atoms with Crippen molar-refractivity contribution in [2.75, 3.05) is 26.4 Å². The molecule has 2 aliphatic heterocycles. The van der Waals surface area contributed by atoms with Crippen molar-refractivity contribution in [3.8, 4) is 0 Å². The first kappa shape index (κ1) is 19.6. The average Bonchev–Trinajstić information content (AvgIpc) is 3.13. The summed E-state index contributed by atoms with van der Waals surface area (Å²) in [4.78, 5) is 4.77. The van der Waals surface area contributed by atoms with Crippen molar-refractivity contribution in [3.63, 3.8) is 0 Å². The first-order valence-electron chi connectivity index (χ1n) is 10.5. The summed E-state index contributed by atoms with van der Waals surface area (Å²) >= 11 is 0. The smallest absolute Gasteiger partial charge is 0.0945 e. The van der Waals surface area contributed by atoms with Gasteiger partial charge >= 0.3 is 0 Å². The van der Waals surface area contributed by atoms with E-state index in [9.17, 15) is 0 Å². The Balaban J connectivity index is 1.45. The minimum Gasteiger partial charge on any atom is -0.378 e. The number of nitrogens with one attached hydrogen (secondary N) is 1. The summed E-state index contributed by atoms with van der Waals surface area (Å²) in [6.07, 6.45) is 6.02. The summed E-state index contributed by atoms with van der Waals surface area (Å²) in [6.45, 7) is 8.53. The van der Waals surface area contributed by atoms with E-state index in [-0.39, 0.29) is 11.0 Å². The third kappa shape index (κ3) is 4.29. The van der Waals surface area contributed by atoms with E-state index in [2.05, 4.69) is 49.5 Å². The van der Waals surface area contributed by atoms with Crippen molar-refractivity contribution in [3.05, 3.63) is 65.0 Å². The van der Waals surface area contributed by atoms with E-state index in [0.29, 0.717) is 0 Å². The highest BCUT2D eigenvalue weighted by atomic mass is 16.6. The van der Waals surface area contributed by atoms with Crippen LogP contribution in [0.3, 0.4) is 0 Å². The molecule has 2 aromatic rings. The number of hydrogen-bond acceptors (Lipinski definition) is 4. The van der Waals surface area contributed by atoms with Crippen LogP contribution >= 0.6 is 0 Å². The summed E-state index contributed by atoms with van der Waals surface area (Å²) in [6, 6.07) is 13.1. The van der Waals surface area contributed by atoms with Crippen molar-refractivity contribution >= 4 is 0 Å². The van der Waals surface area contributed by atoms with Crippen LogP contribution < -0.4 is 5.32 Å². The minimum atomic E-state index is -0.122. The molecule has 1 N–H and O–H groups in total. The standard InChI is InChI=1S/C24H32N2O2/c1-19-13-20(2)15-21(14-19)16-25-10-6-23(22-5-3-4-9-26-22)7-12-28-24(17-23)8-11-27-18-24/h3-5,9,13-15,25H,6-8,10-12,16-18H2,1-2H3. The van der Waals surface area contributed by atoms with Gasteiger partial charge in [-0.1, -0.05) is 35.4 Å². The molecule has 1 spiro atoms. The van der Waals surface area contributed by atoms with E-state index in [1.165, 1.54) is 22.4 Å². The molecule has 2 unspecified atom stereocenters. The molecule has 4 nitrogen and oxygen atoms in total. The molecule has 4 heteroatoms. The molecular formula is C24H32N2O2. The maximum absolute atomic E-state index is 6.23. The highest BCUT2D eigenvalue weighted by molar-refractivity contribution is 5.28. The zero-order valence-corrected chi connectivity index (χ0v) is 17.2. The van der Waals surface area contributed by atoms with Gasteiger partial charge in [-0.3, -0.25) is 4.98 Å². The van der Waals surface area contributed by atoms with Gasteiger partial charge in [-0.2, -0.15) is 0 Å². The van der Waals surface area contributed by atoms with Gasteiger partial charge in [0.25, 0.3) is 0 Å². The Labute approximate surface area is 168 Å². The summed E-state index contributed by atoms with van der Waals surface area (Å²) in [7, 11) is 0. The molecule has 0 saturated carbocycles. The van der Waals surface area contributed by atoms with Gasteiger partial charge in [-0.05, 0) is 57.4 Å². The SMILES string of the molecule is Cc1cc(C)cc(CNCCC2(c3ccccn3)CCOC3(CCOC3)C2)c1. The highest BCUT2D eigenvalue weighted by Gasteiger charge is 2.49. The predicted molar refractivity (Wildman–Crippen MR) is 112 cm³/mol. The molecule has 3 heterocycles. The first-order chi connectivity index (χ1) is 13.6. The van der Waals surface area contributed by atoms with Crippen molar-refractivity contribution in [1.29, 1.82) is 0 Å². The molecule has 2 atom stereocenters. The fourth-order valence-corrected chi connectivity index (χ4v) is 5.03. The van der Waals surface area contributed by atoms with Crippen LogP contribution in [0.25, 0.3) is 0 Å². The lowest BCUT2D eigenvalue weighted by Crippen LogP contribution is -2.49. The number of pyridine rings is 1. The molecule has 0 bridgehead atoms. The molecule has 0 aliphatic carbocycles. The van der Waals surface area contributed by atoms with Gasteiger partial charge in [-0.15, -0.1) is 0 Å². The lowest BCUT2D eigenvalue weighted by molar-refractivity contribution is -0.109. The number of aryl methyl sites for hydroxylation is 2. The second-order valence-electron chi connectivity index (χ2n) is 8.68. The van der Waals surface area contributed by atoms with Gasteiger partial charge in [0.2, 0.25) is 0 Å². The van der Waals surface area contributed by atoms with Crippen LogP contribution in [0, 0.1) is 13.8 Å². The molecule has 2 fully saturated rings.